The van der Waals surface area contributed by atoms with Gasteiger partial charge < -0.3 is 4.57 Å². The number of hydrogen-bond acceptors (Lipinski definition) is 4. The first-order valence-electron chi connectivity index (χ1n) is 19.1. The van der Waals surface area contributed by atoms with Crippen LogP contribution in [0.2, 0.25) is 0 Å². The van der Waals surface area contributed by atoms with Crippen LogP contribution in [0.3, 0.4) is 0 Å². The molecule has 3 aromatic heterocycles. The Bertz CT molecular complexity index is 3210. The molecule has 11 rings (SSSR count). The first-order chi connectivity index (χ1) is 28.2. The van der Waals surface area contributed by atoms with E-state index in [1.807, 2.05) is 36.4 Å². The second-order valence-corrected chi connectivity index (χ2v) is 14.3. The van der Waals surface area contributed by atoms with Crippen LogP contribution in [0.4, 0.5) is 0 Å². The molecule has 266 valence electrons. The third kappa shape index (κ3) is 5.72. The van der Waals surface area contributed by atoms with E-state index in [9.17, 15) is 0 Å². The molecule has 0 N–H and O–H groups in total. The molecule has 8 aromatic carbocycles. The Hall–Kier alpha value is -7.76. The van der Waals surface area contributed by atoms with Gasteiger partial charge in [0, 0.05) is 44.1 Å². The number of benzene rings is 8. The Labute approximate surface area is 329 Å². The summed E-state index contributed by atoms with van der Waals surface area (Å²) in [5, 5.41) is 5.78. The summed E-state index contributed by atoms with van der Waals surface area (Å²) in [5.74, 6) is 1.85. The molecule has 57 heavy (non-hydrogen) atoms. The van der Waals surface area contributed by atoms with Gasteiger partial charge in [-0.2, -0.15) is 0 Å². The highest BCUT2D eigenvalue weighted by Crippen LogP contribution is 2.38. The van der Waals surface area contributed by atoms with E-state index in [2.05, 4.69) is 168 Å². The second-order valence-electron chi connectivity index (χ2n) is 14.3. The highest BCUT2D eigenvalue weighted by molar-refractivity contribution is 6.14. The van der Waals surface area contributed by atoms with E-state index >= 15 is 0 Å². The minimum absolute atomic E-state index is 0.611. The number of hydrogen-bond donors (Lipinski definition) is 0. The van der Waals surface area contributed by atoms with Gasteiger partial charge in [-0.3, -0.25) is 0 Å². The molecule has 0 aliphatic carbocycles. The lowest BCUT2D eigenvalue weighted by Gasteiger charge is -2.14. The molecule has 0 aliphatic rings. The summed E-state index contributed by atoms with van der Waals surface area (Å²) in [6, 6.07) is 69.8. The zero-order chi connectivity index (χ0) is 37.7. The average Bonchev–Trinajstić information content (AvgIpc) is 3.63. The largest absolute Gasteiger partial charge is 0.309 e. The van der Waals surface area contributed by atoms with Crippen molar-refractivity contribution in [2.75, 3.05) is 0 Å². The Balaban J connectivity index is 1.08. The van der Waals surface area contributed by atoms with Crippen molar-refractivity contribution in [3.05, 3.63) is 200 Å². The van der Waals surface area contributed by atoms with Crippen molar-refractivity contribution in [3.63, 3.8) is 0 Å². The topological polar surface area (TPSA) is 56.5 Å². The standard InChI is InChI=1S/C52H33N5/c1-4-14-34(15-5-1)44-33-46(36-16-6-2-7-17-36)53-45-31-28-35-24-25-39(32-43(35)49(44)45)52-55-50(37-18-8-3-9-19-37)54-51(56-52)38-26-29-40(30-27-38)57-47-22-12-10-20-41(47)42-21-11-13-23-48(42)57/h1-33H. The normalized spacial score (nSPS) is 11.5. The van der Waals surface area contributed by atoms with E-state index in [4.69, 9.17) is 19.9 Å². The van der Waals surface area contributed by atoms with Crippen molar-refractivity contribution in [3.8, 4) is 62.2 Å². The molecular formula is C52H33N5. The van der Waals surface area contributed by atoms with Gasteiger partial charge in [-0.05, 0) is 76.5 Å². The quantitative estimate of drug-likeness (QED) is 0.160. The van der Waals surface area contributed by atoms with Crippen molar-refractivity contribution >= 4 is 43.5 Å². The van der Waals surface area contributed by atoms with Crippen molar-refractivity contribution in [1.82, 2.24) is 24.5 Å². The number of fused-ring (bicyclic) bond motifs is 6. The number of para-hydroxylation sites is 2. The van der Waals surface area contributed by atoms with Crippen molar-refractivity contribution < 1.29 is 0 Å². The Morgan fingerprint density at radius 2 is 0.825 bits per heavy atom. The maximum absolute atomic E-state index is 5.21. The smallest absolute Gasteiger partial charge is 0.164 e. The molecule has 11 aromatic rings. The van der Waals surface area contributed by atoms with Crippen LogP contribution in [0.15, 0.2) is 200 Å². The SMILES string of the molecule is c1ccc(-c2cc(-c3ccccc3)c3c(ccc4ccc(-c5nc(-c6ccccc6)nc(-c6ccc(-n7c8ccccc8c8ccccc87)cc6)n5)cc43)n2)cc1. The number of nitrogens with zero attached hydrogens (tertiary/aromatic N) is 5. The highest BCUT2D eigenvalue weighted by Gasteiger charge is 2.17. The molecule has 0 spiro atoms. The number of aromatic nitrogens is 5. The van der Waals surface area contributed by atoms with E-state index in [0.29, 0.717) is 17.5 Å². The van der Waals surface area contributed by atoms with Gasteiger partial charge in [0.2, 0.25) is 0 Å². The number of pyridine rings is 1. The summed E-state index contributed by atoms with van der Waals surface area (Å²) in [6.45, 7) is 0. The Morgan fingerprint density at radius 3 is 1.46 bits per heavy atom. The molecule has 0 fully saturated rings. The predicted octanol–water partition coefficient (Wildman–Crippen LogP) is 13.0. The van der Waals surface area contributed by atoms with Crippen molar-refractivity contribution in [2.45, 2.75) is 0 Å². The van der Waals surface area contributed by atoms with E-state index in [1.165, 1.54) is 21.8 Å². The summed E-state index contributed by atoms with van der Waals surface area (Å²) >= 11 is 0. The van der Waals surface area contributed by atoms with Gasteiger partial charge in [-0.15, -0.1) is 0 Å². The maximum atomic E-state index is 5.21. The van der Waals surface area contributed by atoms with E-state index in [0.717, 1.165) is 66.4 Å². The predicted molar refractivity (Wildman–Crippen MR) is 234 cm³/mol. The molecule has 0 atom stereocenters. The summed E-state index contributed by atoms with van der Waals surface area (Å²) in [6.07, 6.45) is 0. The van der Waals surface area contributed by atoms with Gasteiger partial charge in [-0.25, -0.2) is 19.9 Å². The molecule has 0 aliphatic heterocycles. The van der Waals surface area contributed by atoms with Gasteiger partial charge in [0.05, 0.1) is 22.2 Å². The lowest BCUT2D eigenvalue weighted by Crippen LogP contribution is -2.01. The summed E-state index contributed by atoms with van der Waals surface area (Å²) in [5.41, 5.74) is 11.4. The fourth-order valence-corrected chi connectivity index (χ4v) is 8.11. The van der Waals surface area contributed by atoms with Crippen LogP contribution in [0.5, 0.6) is 0 Å². The molecule has 0 saturated carbocycles. The first kappa shape index (κ1) is 32.7. The fourth-order valence-electron chi connectivity index (χ4n) is 8.11. The molecule has 0 saturated heterocycles. The van der Waals surface area contributed by atoms with Crippen LogP contribution in [-0.4, -0.2) is 24.5 Å². The van der Waals surface area contributed by atoms with Crippen LogP contribution in [0.25, 0.3) is 106 Å². The van der Waals surface area contributed by atoms with Crippen LogP contribution >= 0.6 is 0 Å². The van der Waals surface area contributed by atoms with Gasteiger partial charge >= 0.3 is 0 Å². The zero-order valence-electron chi connectivity index (χ0n) is 30.8. The molecule has 5 heteroatoms. The van der Waals surface area contributed by atoms with Gasteiger partial charge in [-0.1, -0.05) is 146 Å². The summed E-state index contributed by atoms with van der Waals surface area (Å²) in [4.78, 5) is 20.5. The third-order valence-corrected chi connectivity index (χ3v) is 10.8. The third-order valence-electron chi connectivity index (χ3n) is 10.8. The summed E-state index contributed by atoms with van der Waals surface area (Å²) < 4.78 is 2.32. The Kier molecular flexibility index (Phi) is 7.74. The molecular weight excluding hydrogens is 695 g/mol. The molecule has 3 heterocycles. The lowest BCUT2D eigenvalue weighted by atomic mass is 9.93. The molecule has 0 unspecified atom stereocenters. The molecule has 5 nitrogen and oxygen atoms in total. The Morgan fingerprint density at radius 1 is 0.333 bits per heavy atom. The van der Waals surface area contributed by atoms with E-state index in [1.54, 1.807) is 0 Å². The van der Waals surface area contributed by atoms with Gasteiger partial charge in [0.25, 0.3) is 0 Å². The minimum atomic E-state index is 0.611. The monoisotopic (exact) mass is 727 g/mol. The molecule has 0 bridgehead atoms. The molecule has 0 amide bonds. The fraction of sp³-hybridized carbons (Fsp3) is 0. The van der Waals surface area contributed by atoms with E-state index in [-0.39, 0.29) is 0 Å². The maximum Gasteiger partial charge on any atom is 0.164 e. The van der Waals surface area contributed by atoms with Gasteiger partial charge in [0.15, 0.2) is 17.5 Å². The lowest BCUT2D eigenvalue weighted by molar-refractivity contribution is 1.07. The van der Waals surface area contributed by atoms with Crippen molar-refractivity contribution in [1.29, 1.82) is 0 Å². The van der Waals surface area contributed by atoms with Crippen LogP contribution < -0.4 is 0 Å². The summed E-state index contributed by atoms with van der Waals surface area (Å²) in [7, 11) is 0. The minimum Gasteiger partial charge on any atom is -0.309 e. The highest BCUT2D eigenvalue weighted by atomic mass is 15.0. The van der Waals surface area contributed by atoms with Crippen LogP contribution in [0.1, 0.15) is 0 Å². The van der Waals surface area contributed by atoms with E-state index < -0.39 is 0 Å². The molecule has 0 radical (unpaired) electrons. The van der Waals surface area contributed by atoms with Crippen molar-refractivity contribution in [2.24, 2.45) is 0 Å². The van der Waals surface area contributed by atoms with Crippen LogP contribution in [-0.2, 0) is 0 Å². The van der Waals surface area contributed by atoms with Gasteiger partial charge in [0.1, 0.15) is 0 Å². The second kappa shape index (κ2) is 13.5. The number of rotatable bonds is 6. The zero-order valence-corrected chi connectivity index (χ0v) is 30.8. The average molecular weight is 728 g/mol. The first-order valence-corrected chi connectivity index (χ1v) is 19.1. The van der Waals surface area contributed by atoms with Crippen LogP contribution in [0, 0.1) is 0 Å².